The molecule has 0 saturated carbocycles. The number of halogens is 1. The van der Waals surface area contributed by atoms with E-state index >= 15 is 0 Å². The van der Waals surface area contributed by atoms with E-state index in [0.29, 0.717) is 24.0 Å². The average molecular weight is 265 g/mol. The number of hydrogen-bond acceptors (Lipinski definition) is 5. The van der Waals surface area contributed by atoms with Crippen LogP contribution in [0.2, 0.25) is 0 Å². The molecule has 5 nitrogen and oxygen atoms in total. The maximum atomic E-state index is 13.2. The van der Waals surface area contributed by atoms with E-state index in [2.05, 4.69) is 10.2 Å². The summed E-state index contributed by atoms with van der Waals surface area (Å²) in [7, 11) is 0. The standard InChI is InChI=1S/C13H16FN3O2/c1-8(15)5-10-6-11(14)3-4-12(10)18-7-13-17-16-9(2)19-13/h3-4,6,8H,5,7,15H2,1-2H3. The first-order valence-electron chi connectivity index (χ1n) is 6.00. The maximum absolute atomic E-state index is 13.2. The average Bonchev–Trinajstić information content (AvgIpc) is 2.73. The molecule has 2 aromatic rings. The Bertz CT molecular complexity index is 555. The van der Waals surface area contributed by atoms with E-state index in [-0.39, 0.29) is 18.5 Å². The van der Waals surface area contributed by atoms with Crippen LogP contribution in [0.5, 0.6) is 5.75 Å². The van der Waals surface area contributed by atoms with Crippen molar-refractivity contribution in [3.63, 3.8) is 0 Å². The molecule has 0 saturated heterocycles. The molecule has 6 heteroatoms. The van der Waals surface area contributed by atoms with Gasteiger partial charge < -0.3 is 14.9 Å². The van der Waals surface area contributed by atoms with Gasteiger partial charge in [0.2, 0.25) is 5.89 Å². The molecule has 0 amide bonds. The van der Waals surface area contributed by atoms with Gasteiger partial charge in [-0.1, -0.05) is 0 Å². The number of nitrogens with zero attached hydrogens (tertiary/aromatic N) is 2. The first-order valence-corrected chi connectivity index (χ1v) is 6.00. The van der Waals surface area contributed by atoms with Gasteiger partial charge in [-0.2, -0.15) is 0 Å². The quantitative estimate of drug-likeness (QED) is 0.894. The van der Waals surface area contributed by atoms with Crippen LogP contribution in [0, 0.1) is 12.7 Å². The van der Waals surface area contributed by atoms with Crippen molar-refractivity contribution in [3.05, 3.63) is 41.4 Å². The summed E-state index contributed by atoms with van der Waals surface area (Å²) in [5.74, 6) is 1.13. The van der Waals surface area contributed by atoms with Gasteiger partial charge in [-0.15, -0.1) is 10.2 Å². The summed E-state index contributed by atoms with van der Waals surface area (Å²) in [5.41, 5.74) is 6.46. The van der Waals surface area contributed by atoms with E-state index in [4.69, 9.17) is 14.9 Å². The zero-order chi connectivity index (χ0) is 13.8. The van der Waals surface area contributed by atoms with E-state index in [0.717, 1.165) is 5.56 Å². The van der Waals surface area contributed by atoms with Crippen LogP contribution in [0.1, 0.15) is 24.3 Å². The molecule has 1 heterocycles. The molecular weight excluding hydrogens is 249 g/mol. The van der Waals surface area contributed by atoms with E-state index < -0.39 is 0 Å². The summed E-state index contributed by atoms with van der Waals surface area (Å²) in [6, 6.07) is 4.28. The van der Waals surface area contributed by atoms with E-state index in [1.54, 1.807) is 13.0 Å². The molecule has 19 heavy (non-hydrogen) atoms. The second-order valence-electron chi connectivity index (χ2n) is 4.44. The van der Waals surface area contributed by atoms with Crippen LogP contribution in [-0.4, -0.2) is 16.2 Å². The van der Waals surface area contributed by atoms with E-state index in [1.807, 2.05) is 6.92 Å². The Hall–Kier alpha value is -1.95. The molecule has 1 unspecified atom stereocenters. The van der Waals surface area contributed by atoms with Gasteiger partial charge >= 0.3 is 0 Å². The highest BCUT2D eigenvalue weighted by Gasteiger charge is 2.10. The monoisotopic (exact) mass is 265 g/mol. The Morgan fingerprint density at radius 3 is 2.84 bits per heavy atom. The molecular formula is C13H16FN3O2. The van der Waals surface area contributed by atoms with Gasteiger partial charge in [0.05, 0.1) is 0 Å². The van der Waals surface area contributed by atoms with Crippen molar-refractivity contribution in [2.75, 3.05) is 0 Å². The fourth-order valence-electron chi connectivity index (χ4n) is 1.73. The van der Waals surface area contributed by atoms with Gasteiger partial charge in [0.1, 0.15) is 11.6 Å². The molecule has 0 spiro atoms. The Kier molecular flexibility index (Phi) is 4.11. The fraction of sp³-hybridized carbons (Fsp3) is 0.385. The summed E-state index contributed by atoms with van der Waals surface area (Å²) >= 11 is 0. The van der Waals surface area contributed by atoms with Crippen LogP contribution in [0.3, 0.4) is 0 Å². The lowest BCUT2D eigenvalue weighted by Crippen LogP contribution is -2.18. The van der Waals surface area contributed by atoms with E-state index in [1.165, 1.54) is 12.1 Å². The van der Waals surface area contributed by atoms with Crippen molar-refractivity contribution in [2.45, 2.75) is 32.9 Å². The van der Waals surface area contributed by atoms with Crippen molar-refractivity contribution in [2.24, 2.45) is 5.73 Å². The first-order chi connectivity index (χ1) is 9.04. The maximum Gasteiger partial charge on any atom is 0.253 e. The molecule has 1 aromatic carbocycles. The van der Waals surface area contributed by atoms with Gasteiger partial charge in [-0.3, -0.25) is 0 Å². The number of nitrogens with two attached hydrogens (primary N) is 1. The van der Waals surface area contributed by atoms with Crippen LogP contribution < -0.4 is 10.5 Å². The summed E-state index contributed by atoms with van der Waals surface area (Å²) in [6.45, 7) is 3.71. The van der Waals surface area contributed by atoms with Gasteiger partial charge in [0, 0.05) is 13.0 Å². The zero-order valence-corrected chi connectivity index (χ0v) is 10.9. The second-order valence-corrected chi connectivity index (χ2v) is 4.44. The lowest BCUT2D eigenvalue weighted by molar-refractivity contribution is 0.257. The number of aromatic nitrogens is 2. The molecule has 0 aliphatic carbocycles. The summed E-state index contributed by atoms with van der Waals surface area (Å²) in [6.07, 6.45) is 0.538. The SMILES string of the molecule is Cc1nnc(COc2ccc(F)cc2CC(C)N)o1. The molecule has 0 bridgehead atoms. The van der Waals surface area contributed by atoms with Gasteiger partial charge in [-0.25, -0.2) is 4.39 Å². The van der Waals surface area contributed by atoms with Crippen LogP contribution in [0.15, 0.2) is 22.6 Å². The Balaban J connectivity index is 2.10. The molecule has 102 valence electrons. The summed E-state index contributed by atoms with van der Waals surface area (Å²) in [5, 5.41) is 7.54. The van der Waals surface area contributed by atoms with Crippen molar-refractivity contribution in [1.82, 2.24) is 10.2 Å². The largest absolute Gasteiger partial charge is 0.484 e. The number of rotatable bonds is 5. The Labute approximate surface area is 110 Å². The number of hydrogen-bond donors (Lipinski definition) is 1. The second kappa shape index (κ2) is 5.79. The minimum Gasteiger partial charge on any atom is -0.484 e. The van der Waals surface area contributed by atoms with Crippen LogP contribution in [0.4, 0.5) is 4.39 Å². The lowest BCUT2D eigenvalue weighted by atomic mass is 10.1. The summed E-state index contributed by atoms with van der Waals surface area (Å²) in [4.78, 5) is 0. The van der Waals surface area contributed by atoms with Gasteiger partial charge in [0.25, 0.3) is 5.89 Å². The van der Waals surface area contributed by atoms with Crippen molar-refractivity contribution < 1.29 is 13.5 Å². The predicted molar refractivity (Wildman–Crippen MR) is 67.1 cm³/mol. The van der Waals surface area contributed by atoms with Crippen molar-refractivity contribution in [1.29, 1.82) is 0 Å². The Morgan fingerprint density at radius 2 is 2.21 bits per heavy atom. The third-order valence-corrected chi connectivity index (χ3v) is 2.48. The third kappa shape index (κ3) is 3.75. The molecule has 2 N–H and O–H groups in total. The molecule has 0 radical (unpaired) electrons. The van der Waals surface area contributed by atoms with Crippen LogP contribution >= 0.6 is 0 Å². The van der Waals surface area contributed by atoms with Crippen LogP contribution in [-0.2, 0) is 13.0 Å². The van der Waals surface area contributed by atoms with Crippen molar-refractivity contribution >= 4 is 0 Å². The normalized spacial score (nSPS) is 12.4. The zero-order valence-electron chi connectivity index (χ0n) is 10.9. The molecule has 2 rings (SSSR count). The van der Waals surface area contributed by atoms with Crippen LogP contribution in [0.25, 0.3) is 0 Å². The lowest BCUT2D eigenvalue weighted by Gasteiger charge is -2.12. The third-order valence-electron chi connectivity index (χ3n) is 2.48. The number of ether oxygens (including phenoxy) is 1. The number of aryl methyl sites for hydroxylation is 1. The highest BCUT2D eigenvalue weighted by atomic mass is 19.1. The molecule has 0 fully saturated rings. The minimum absolute atomic E-state index is 0.0743. The van der Waals surface area contributed by atoms with Gasteiger partial charge in [0.15, 0.2) is 6.61 Å². The Morgan fingerprint density at radius 1 is 1.42 bits per heavy atom. The van der Waals surface area contributed by atoms with Gasteiger partial charge in [-0.05, 0) is 37.1 Å². The fourth-order valence-corrected chi connectivity index (χ4v) is 1.73. The summed E-state index contributed by atoms with van der Waals surface area (Å²) < 4.78 is 24.0. The highest BCUT2D eigenvalue weighted by Crippen LogP contribution is 2.22. The molecule has 0 aliphatic rings. The number of benzene rings is 1. The predicted octanol–water partition coefficient (Wildman–Crippen LogP) is 1.99. The first kappa shape index (κ1) is 13.5. The molecule has 1 aromatic heterocycles. The molecule has 0 aliphatic heterocycles. The van der Waals surface area contributed by atoms with E-state index in [9.17, 15) is 4.39 Å². The molecule has 1 atom stereocenters. The minimum atomic E-state index is -0.309. The highest BCUT2D eigenvalue weighted by molar-refractivity contribution is 5.34. The smallest absolute Gasteiger partial charge is 0.253 e. The van der Waals surface area contributed by atoms with Crippen molar-refractivity contribution in [3.8, 4) is 5.75 Å². The topological polar surface area (TPSA) is 74.2 Å².